The van der Waals surface area contributed by atoms with Gasteiger partial charge in [0.25, 0.3) is 0 Å². The molecule has 17 heavy (non-hydrogen) atoms. The van der Waals surface area contributed by atoms with Crippen molar-refractivity contribution in [1.82, 2.24) is 4.90 Å². The molecule has 1 fully saturated rings. The minimum absolute atomic E-state index is 0.102. The predicted molar refractivity (Wildman–Crippen MR) is 66.3 cm³/mol. The summed E-state index contributed by atoms with van der Waals surface area (Å²) in [5, 5.41) is 9.34. The monoisotopic (exact) mass is 230 g/mol. The molecule has 1 aromatic rings. The van der Waals surface area contributed by atoms with Crippen LogP contribution >= 0.6 is 0 Å². The lowest BCUT2D eigenvalue weighted by atomic mass is 10.0. The molecule has 0 N–H and O–H groups in total. The van der Waals surface area contributed by atoms with Gasteiger partial charge in [-0.3, -0.25) is 4.90 Å². The molecule has 3 nitrogen and oxygen atoms in total. The van der Waals surface area contributed by atoms with E-state index in [4.69, 9.17) is 4.74 Å². The van der Waals surface area contributed by atoms with Crippen LogP contribution in [0.3, 0.4) is 0 Å². The summed E-state index contributed by atoms with van der Waals surface area (Å²) in [6.07, 6.45) is 2.41. The molecule has 0 bridgehead atoms. The van der Waals surface area contributed by atoms with E-state index in [1.165, 1.54) is 12.8 Å². The van der Waals surface area contributed by atoms with Gasteiger partial charge < -0.3 is 4.74 Å². The number of methoxy groups -OCH3 is 1. The summed E-state index contributed by atoms with van der Waals surface area (Å²) in [5.41, 5.74) is 2.22. The smallest absolute Gasteiger partial charge is 0.123 e. The molecule has 0 amide bonds. The lowest BCUT2D eigenvalue weighted by molar-refractivity contribution is 0.184. The first-order valence-electron chi connectivity index (χ1n) is 6.06. The van der Waals surface area contributed by atoms with Crippen molar-refractivity contribution < 1.29 is 4.74 Å². The molecule has 0 aliphatic carbocycles. The molecule has 0 aromatic heterocycles. The molecular weight excluding hydrogens is 212 g/mol. The maximum Gasteiger partial charge on any atom is 0.123 e. The van der Waals surface area contributed by atoms with Crippen LogP contribution in [0, 0.1) is 11.3 Å². The Morgan fingerprint density at radius 2 is 2.18 bits per heavy atom. The van der Waals surface area contributed by atoms with Gasteiger partial charge in [0.2, 0.25) is 0 Å². The molecular formula is C14H18N2O. The molecule has 1 saturated heterocycles. The van der Waals surface area contributed by atoms with Crippen LogP contribution in [0.5, 0.6) is 0 Å². The van der Waals surface area contributed by atoms with Crippen LogP contribution in [0.15, 0.2) is 24.3 Å². The molecule has 1 aliphatic rings. The fraction of sp³-hybridized carbons (Fsp3) is 0.500. The molecule has 0 radical (unpaired) electrons. The van der Waals surface area contributed by atoms with Gasteiger partial charge in [-0.25, -0.2) is 0 Å². The number of nitriles is 1. The van der Waals surface area contributed by atoms with Gasteiger partial charge in [0.1, 0.15) is 6.04 Å². The number of ether oxygens (including phenoxy) is 1. The van der Waals surface area contributed by atoms with E-state index >= 15 is 0 Å². The third-order valence-corrected chi connectivity index (χ3v) is 3.21. The van der Waals surface area contributed by atoms with E-state index < -0.39 is 0 Å². The Kier molecular flexibility index (Phi) is 4.13. The van der Waals surface area contributed by atoms with Crippen molar-refractivity contribution in [1.29, 1.82) is 5.26 Å². The van der Waals surface area contributed by atoms with E-state index in [0.29, 0.717) is 6.61 Å². The highest BCUT2D eigenvalue weighted by Crippen LogP contribution is 2.25. The molecule has 2 rings (SSSR count). The average molecular weight is 230 g/mol. The zero-order valence-electron chi connectivity index (χ0n) is 10.2. The number of hydrogen-bond donors (Lipinski definition) is 0. The van der Waals surface area contributed by atoms with Gasteiger partial charge in [-0.2, -0.15) is 5.26 Å². The maximum absolute atomic E-state index is 9.34. The second kappa shape index (κ2) is 5.81. The first-order chi connectivity index (χ1) is 8.35. The van der Waals surface area contributed by atoms with Crippen LogP contribution in [-0.4, -0.2) is 25.1 Å². The topological polar surface area (TPSA) is 36.3 Å². The third-order valence-electron chi connectivity index (χ3n) is 3.21. The molecule has 90 valence electrons. The Morgan fingerprint density at radius 3 is 2.82 bits per heavy atom. The molecule has 1 aliphatic heterocycles. The van der Waals surface area contributed by atoms with Crippen molar-refractivity contribution in [2.45, 2.75) is 25.5 Å². The molecule has 3 heteroatoms. The van der Waals surface area contributed by atoms with Gasteiger partial charge in [-0.1, -0.05) is 24.3 Å². The molecule has 0 saturated carbocycles. The van der Waals surface area contributed by atoms with Crippen LogP contribution in [0.4, 0.5) is 0 Å². The number of benzene rings is 1. The van der Waals surface area contributed by atoms with Crippen molar-refractivity contribution >= 4 is 0 Å². The summed E-state index contributed by atoms with van der Waals surface area (Å²) in [4.78, 5) is 2.26. The zero-order valence-corrected chi connectivity index (χ0v) is 10.2. The second-order valence-corrected chi connectivity index (χ2v) is 4.45. The van der Waals surface area contributed by atoms with E-state index in [2.05, 4.69) is 17.0 Å². The highest BCUT2D eigenvalue weighted by molar-refractivity contribution is 5.29. The lowest BCUT2D eigenvalue weighted by Crippen LogP contribution is -2.24. The summed E-state index contributed by atoms with van der Waals surface area (Å²) in [5.74, 6) is 0. The first kappa shape index (κ1) is 12.1. The van der Waals surface area contributed by atoms with Gasteiger partial charge in [0, 0.05) is 7.11 Å². The lowest BCUT2D eigenvalue weighted by Gasteiger charge is -2.21. The Balaban J connectivity index is 2.18. The van der Waals surface area contributed by atoms with E-state index in [0.717, 1.165) is 24.2 Å². The fourth-order valence-corrected chi connectivity index (χ4v) is 2.39. The Morgan fingerprint density at radius 1 is 1.41 bits per heavy atom. The minimum atomic E-state index is -0.102. The second-order valence-electron chi connectivity index (χ2n) is 4.45. The van der Waals surface area contributed by atoms with Crippen LogP contribution in [0.2, 0.25) is 0 Å². The maximum atomic E-state index is 9.34. The summed E-state index contributed by atoms with van der Waals surface area (Å²) in [6.45, 7) is 2.67. The molecule has 0 spiro atoms. The molecule has 1 heterocycles. The van der Waals surface area contributed by atoms with Gasteiger partial charge in [-0.15, -0.1) is 0 Å². The van der Waals surface area contributed by atoms with Crippen molar-refractivity contribution in [3.8, 4) is 6.07 Å². The fourth-order valence-electron chi connectivity index (χ4n) is 2.39. The zero-order chi connectivity index (χ0) is 12.1. The van der Waals surface area contributed by atoms with Crippen molar-refractivity contribution in [2.75, 3.05) is 20.2 Å². The summed E-state index contributed by atoms with van der Waals surface area (Å²) in [7, 11) is 1.69. The molecule has 1 aromatic carbocycles. The predicted octanol–water partition coefficient (Wildman–Crippen LogP) is 2.49. The van der Waals surface area contributed by atoms with Gasteiger partial charge in [0.15, 0.2) is 0 Å². The van der Waals surface area contributed by atoms with Gasteiger partial charge in [0.05, 0.1) is 12.7 Å². The van der Waals surface area contributed by atoms with Gasteiger partial charge >= 0.3 is 0 Å². The largest absolute Gasteiger partial charge is 0.380 e. The number of likely N-dealkylation sites (tertiary alicyclic amines) is 1. The first-order valence-corrected chi connectivity index (χ1v) is 6.06. The average Bonchev–Trinajstić information content (AvgIpc) is 2.85. The van der Waals surface area contributed by atoms with E-state index in [-0.39, 0.29) is 6.04 Å². The van der Waals surface area contributed by atoms with Crippen LogP contribution in [0.25, 0.3) is 0 Å². The van der Waals surface area contributed by atoms with Crippen LogP contribution in [-0.2, 0) is 11.3 Å². The van der Waals surface area contributed by atoms with Crippen LogP contribution in [0.1, 0.15) is 30.0 Å². The standard InChI is InChI=1S/C14H18N2O/c1-17-11-12-5-4-6-13(9-12)14(10-15)16-7-2-3-8-16/h4-6,9,14H,2-3,7-8,11H2,1H3. The third kappa shape index (κ3) is 2.85. The van der Waals surface area contributed by atoms with Crippen molar-refractivity contribution in [2.24, 2.45) is 0 Å². The van der Waals surface area contributed by atoms with Crippen molar-refractivity contribution in [3.63, 3.8) is 0 Å². The number of nitrogens with zero attached hydrogens (tertiary/aromatic N) is 2. The van der Waals surface area contributed by atoms with Crippen LogP contribution < -0.4 is 0 Å². The highest BCUT2D eigenvalue weighted by atomic mass is 16.5. The number of hydrogen-bond acceptors (Lipinski definition) is 3. The normalized spacial score (nSPS) is 17.9. The summed E-state index contributed by atoms with van der Waals surface area (Å²) < 4.78 is 5.13. The molecule has 1 atom stereocenters. The van der Waals surface area contributed by atoms with E-state index in [9.17, 15) is 5.26 Å². The quantitative estimate of drug-likeness (QED) is 0.797. The Bertz CT molecular complexity index is 405. The van der Waals surface area contributed by atoms with Crippen molar-refractivity contribution in [3.05, 3.63) is 35.4 Å². The molecule has 1 unspecified atom stereocenters. The SMILES string of the molecule is COCc1cccc(C(C#N)N2CCCC2)c1. The van der Waals surface area contributed by atoms with E-state index in [1.807, 2.05) is 18.2 Å². The Labute approximate surface area is 103 Å². The highest BCUT2D eigenvalue weighted by Gasteiger charge is 2.22. The van der Waals surface area contributed by atoms with Gasteiger partial charge in [-0.05, 0) is 37.1 Å². The minimum Gasteiger partial charge on any atom is -0.380 e. The number of rotatable bonds is 4. The summed E-state index contributed by atoms with van der Waals surface area (Å²) in [6, 6.07) is 10.5. The van der Waals surface area contributed by atoms with E-state index in [1.54, 1.807) is 7.11 Å². The Hall–Kier alpha value is -1.37. The summed E-state index contributed by atoms with van der Waals surface area (Å²) >= 11 is 0.